The van der Waals surface area contributed by atoms with E-state index in [1.165, 1.54) is 37.5 Å². The summed E-state index contributed by atoms with van der Waals surface area (Å²) < 4.78 is 31.6. The largest absolute Gasteiger partial charge is 0.467 e. The van der Waals surface area contributed by atoms with Gasteiger partial charge in [-0.15, -0.1) is 0 Å². The number of rotatable bonds is 7. The summed E-state index contributed by atoms with van der Waals surface area (Å²) in [5.74, 6) is -0.908. The summed E-state index contributed by atoms with van der Waals surface area (Å²) in [5, 5.41) is 0.782. The molecule has 0 fully saturated rings. The third-order valence-corrected chi connectivity index (χ3v) is 5.43. The van der Waals surface area contributed by atoms with Crippen LogP contribution in [-0.2, 0) is 19.6 Å². The molecule has 0 saturated heterocycles. The van der Waals surface area contributed by atoms with Crippen LogP contribution < -0.4 is 4.72 Å². The number of anilines is 1. The zero-order valence-electron chi connectivity index (χ0n) is 17.7. The van der Waals surface area contributed by atoms with Crippen LogP contribution in [0.2, 0.25) is 0 Å². The van der Waals surface area contributed by atoms with Crippen molar-refractivity contribution in [1.29, 1.82) is 0 Å². The zero-order valence-corrected chi connectivity index (χ0v) is 18.5. The molecule has 0 aliphatic carbocycles. The molecule has 0 saturated carbocycles. The minimum atomic E-state index is -3.44. The second-order valence-corrected chi connectivity index (χ2v) is 8.88. The van der Waals surface area contributed by atoms with E-state index in [0.29, 0.717) is 11.3 Å². The van der Waals surface area contributed by atoms with Crippen molar-refractivity contribution < 1.29 is 22.7 Å². The molecule has 2 aromatic carbocycles. The van der Waals surface area contributed by atoms with Gasteiger partial charge in [0.15, 0.2) is 5.78 Å². The number of carbonyl (C=O) groups excluding carboxylic acids is 2. The van der Waals surface area contributed by atoms with Crippen LogP contribution in [0.15, 0.2) is 60.4 Å². The van der Waals surface area contributed by atoms with Gasteiger partial charge in [-0.05, 0) is 36.8 Å². The Morgan fingerprint density at radius 3 is 2.41 bits per heavy atom. The number of carbonyl (C=O) groups is 2. The number of fused-ring (bicyclic) bond motifs is 1. The molecule has 32 heavy (non-hydrogen) atoms. The highest BCUT2D eigenvalue weighted by atomic mass is 32.2. The van der Waals surface area contributed by atoms with Crippen LogP contribution in [0.1, 0.15) is 28.9 Å². The van der Waals surface area contributed by atoms with E-state index in [0.717, 1.165) is 17.2 Å². The molecule has 1 unspecified atom stereocenters. The number of allylic oxidation sites excluding steroid dienone is 1. The second kappa shape index (κ2) is 9.08. The summed E-state index contributed by atoms with van der Waals surface area (Å²) in [6.45, 7) is 9.22. The minimum absolute atomic E-state index is 0.109. The SMILES string of the molecule is [C-]#[N+]/C(=C/c1cn(C(C)C(=O)OC)c2ccccc12)C(=O)c1ccc(NS(C)(=O)=O)cc1. The van der Waals surface area contributed by atoms with Gasteiger partial charge in [-0.25, -0.2) is 18.1 Å². The molecule has 0 spiro atoms. The van der Waals surface area contributed by atoms with Gasteiger partial charge in [-0.2, -0.15) is 0 Å². The first kappa shape index (κ1) is 22.8. The summed E-state index contributed by atoms with van der Waals surface area (Å²) in [4.78, 5) is 28.4. The van der Waals surface area contributed by atoms with E-state index < -0.39 is 27.8 Å². The first-order chi connectivity index (χ1) is 15.1. The van der Waals surface area contributed by atoms with Crippen LogP contribution in [0, 0.1) is 6.57 Å². The first-order valence-corrected chi connectivity index (χ1v) is 11.4. The Labute approximate surface area is 186 Å². The first-order valence-electron chi connectivity index (χ1n) is 9.53. The van der Waals surface area contributed by atoms with Gasteiger partial charge in [0, 0.05) is 28.4 Å². The molecular weight excluding hydrogens is 430 g/mol. The van der Waals surface area contributed by atoms with Gasteiger partial charge in [0.1, 0.15) is 6.04 Å². The van der Waals surface area contributed by atoms with Crippen LogP contribution in [0.5, 0.6) is 0 Å². The molecule has 9 heteroatoms. The summed E-state index contributed by atoms with van der Waals surface area (Å²) >= 11 is 0. The lowest BCUT2D eigenvalue weighted by Crippen LogP contribution is -2.16. The third kappa shape index (κ3) is 4.87. The number of sulfonamides is 1. The van der Waals surface area contributed by atoms with E-state index >= 15 is 0 Å². The monoisotopic (exact) mass is 451 g/mol. The van der Waals surface area contributed by atoms with E-state index in [2.05, 4.69) is 9.57 Å². The highest BCUT2D eigenvalue weighted by Gasteiger charge is 2.20. The number of esters is 1. The topological polar surface area (TPSA) is 98.8 Å². The molecular formula is C23H21N3O5S. The van der Waals surface area contributed by atoms with Gasteiger partial charge in [-0.3, -0.25) is 4.72 Å². The molecule has 164 valence electrons. The highest BCUT2D eigenvalue weighted by Crippen LogP contribution is 2.28. The van der Waals surface area contributed by atoms with Crippen LogP contribution >= 0.6 is 0 Å². The van der Waals surface area contributed by atoms with E-state index in [9.17, 15) is 18.0 Å². The van der Waals surface area contributed by atoms with Crippen LogP contribution in [0.3, 0.4) is 0 Å². The summed E-state index contributed by atoms with van der Waals surface area (Å²) in [5.41, 5.74) is 1.84. The van der Waals surface area contributed by atoms with Crippen molar-refractivity contribution in [2.45, 2.75) is 13.0 Å². The van der Waals surface area contributed by atoms with Crippen LogP contribution in [-0.4, -0.2) is 38.1 Å². The number of hydrogen-bond donors (Lipinski definition) is 1. The van der Waals surface area contributed by atoms with Crippen molar-refractivity contribution in [3.63, 3.8) is 0 Å². The Hall–Kier alpha value is -3.90. The maximum absolute atomic E-state index is 12.9. The van der Waals surface area contributed by atoms with E-state index in [-0.39, 0.29) is 11.3 Å². The molecule has 0 aliphatic heterocycles. The van der Waals surface area contributed by atoms with Gasteiger partial charge in [-0.1, -0.05) is 30.3 Å². The van der Waals surface area contributed by atoms with E-state index in [1.54, 1.807) is 17.7 Å². The van der Waals surface area contributed by atoms with E-state index in [4.69, 9.17) is 11.3 Å². The van der Waals surface area contributed by atoms with Gasteiger partial charge in [0.05, 0.1) is 19.9 Å². The highest BCUT2D eigenvalue weighted by molar-refractivity contribution is 7.92. The van der Waals surface area contributed by atoms with Gasteiger partial charge >= 0.3 is 5.97 Å². The van der Waals surface area contributed by atoms with Crippen molar-refractivity contribution in [1.82, 2.24) is 4.57 Å². The molecule has 1 atom stereocenters. The number of methoxy groups -OCH3 is 1. The normalized spacial score (nSPS) is 12.8. The summed E-state index contributed by atoms with van der Waals surface area (Å²) in [7, 11) is -2.12. The number of ketones is 1. The Balaban J connectivity index is 2.00. The maximum Gasteiger partial charge on any atom is 0.328 e. The number of nitrogens with one attached hydrogen (secondary N) is 1. The molecule has 0 aliphatic rings. The standard InChI is InChI=1S/C23H21N3O5S/c1-15(23(28)31-3)26-14-17(19-7-5-6-8-21(19)26)13-20(24-2)22(27)16-9-11-18(12-10-16)25-32(4,29)30/h5-15,25H,1,3-4H3/b20-13+. The maximum atomic E-state index is 12.9. The summed E-state index contributed by atoms with van der Waals surface area (Å²) in [6, 6.07) is 12.6. The lowest BCUT2D eigenvalue weighted by atomic mass is 10.1. The molecule has 0 bridgehead atoms. The predicted molar refractivity (Wildman–Crippen MR) is 122 cm³/mol. The Morgan fingerprint density at radius 2 is 1.81 bits per heavy atom. The average molecular weight is 452 g/mol. The number of nitrogens with zero attached hydrogens (tertiary/aromatic N) is 2. The quantitative estimate of drug-likeness (QED) is 0.254. The van der Waals surface area contributed by atoms with Crippen LogP contribution in [0.4, 0.5) is 5.69 Å². The number of Topliss-reactive ketones (excluding diaryl/α,β-unsaturated/α-hetero) is 1. The summed E-state index contributed by atoms with van der Waals surface area (Å²) in [6.07, 6.45) is 4.23. The molecule has 0 amide bonds. The Morgan fingerprint density at radius 1 is 1.16 bits per heavy atom. The smallest absolute Gasteiger partial charge is 0.328 e. The van der Waals surface area contributed by atoms with Gasteiger partial charge in [0.25, 0.3) is 0 Å². The minimum Gasteiger partial charge on any atom is -0.467 e. The second-order valence-electron chi connectivity index (χ2n) is 7.13. The lowest BCUT2D eigenvalue weighted by Gasteiger charge is -2.12. The average Bonchev–Trinajstić information content (AvgIpc) is 3.13. The van der Waals surface area contributed by atoms with Crippen molar-refractivity contribution in [3.8, 4) is 0 Å². The number of hydrogen-bond acceptors (Lipinski definition) is 5. The van der Waals surface area contributed by atoms with Gasteiger partial charge < -0.3 is 14.1 Å². The molecule has 8 nitrogen and oxygen atoms in total. The van der Waals surface area contributed by atoms with Gasteiger partial charge in [0.2, 0.25) is 15.7 Å². The Kier molecular flexibility index (Phi) is 6.46. The van der Waals surface area contributed by atoms with Crippen molar-refractivity contribution >= 4 is 44.4 Å². The number of ether oxygens (including phenoxy) is 1. The molecule has 3 aromatic rings. The fourth-order valence-corrected chi connectivity index (χ4v) is 3.86. The lowest BCUT2D eigenvalue weighted by molar-refractivity contribution is -0.143. The zero-order chi connectivity index (χ0) is 23.5. The number of para-hydroxylation sites is 1. The van der Waals surface area contributed by atoms with Crippen molar-refractivity contribution in [2.24, 2.45) is 0 Å². The molecule has 3 rings (SSSR count). The van der Waals surface area contributed by atoms with Crippen molar-refractivity contribution in [2.75, 3.05) is 18.1 Å². The fourth-order valence-electron chi connectivity index (χ4n) is 3.30. The van der Waals surface area contributed by atoms with Crippen molar-refractivity contribution in [3.05, 3.63) is 83.0 Å². The number of aromatic nitrogens is 1. The number of benzene rings is 2. The molecule has 1 N–H and O–H groups in total. The third-order valence-electron chi connectivity index (χ3n) is 4.83. The van der Waals surface area contributed by atoms with E-state index in [1.807, 2.05) is 24.3 Å². The Bertz CT molecular complexity index is 1360. The molecule has 1 heterocycles. The molecule has 1 aromatic heterocycles. The van der Waals surface area contributed by atoms with Crippen LogP contribution in [0.25, 0.3) is 21.8 Å². The molecule has 0 radical (unpaired) electrons. The fraction of sp³-hybridized carbons (Fsp3) is 0.174. The predicted octanol–water partition coefficient (Wildman–Crippen LogP) is 3.89.